The Balaban J connectivity index is 1.94. The molecule has 1 aromatic heterocycles. The number of hydrogen-bond donors (Lipinski definition) is 1. The number of aromatic nitrogens is 1. The number of carbonyl (C=O) groups is 1. The maximum absolute atomic E-state index is 12.7. The van der Waals surface area contributed by atoms with Gasteiger partial charge in [0.2, 0.25) is 0 Å². The van der Waals surface area contributed by atoms with E-state index in [1.165, 1.54) is 23.5 Å². The predicted molar refractivity (Wildman–Crippen MR) is 96.9 cm³/mol. The monoisotopic (exact) mass is 376 g/mol. The van der Waals surface area contributed by atoms with Gasteiger partial charge in [0.05, 0.1) is 17.1 Å². The first kappa shape index (κ1) is 17.4. The molecule has 0 radical (unpaired) electrons. The van der Waals surface area contributed by atoms with Gasteiger partial charge in [-0.05, 0) is 29.8 Å². The molecule has 25 heavy (non-hydrogen) atoms. The Kier molecular flexibility index (Phi) is 5.00. The number of thiazole rings is 1. The van der Waals surface area contributed by atoms with Gasteiger partial charge in [-0.15, -0.1) is 11.3 Å². The zero-order valence-corrected chi connectivity index (χ0v) is 15.1. The number of allylic oxidation sites excluding steroid dienone is 1. The summed E-state index contributed by atoms with van der Waals surface area (Å²) in [6, 6.07) is 6.19. The third-order valence-electron chi connectivity index (χ3n) is 3.51. The van der Waals surface area contributed by atoms with Crippen molar-refractivity contribution in [3.05, 3.63) is 59.3 Å². The highest BCUT2D eigenvalue weighted by Gasteiger charge is 2.17. The molecule has 0 saturated carbocycles. The largest absolute Gasteiger partial charge is 0.494 e. The van der Waals surface area contributed by atoms with E-state index in [0.29, 0.717) is 28.6 Å². The van der Waals surface area contributed by atoms with Crippen LogP contribution >= 0.6 is 11.3 Å². The fourth-order valence-corrected chi connectivity index (χ4v) is 3.45. The highest BCUT2D eigenvalue weighted by atomic mass is 32.2. The zero-order chi connectivity index (χ0) is 17.9. The van der Waals surface area contributed by atoms with Crippen molar-refractivity contribution in [2.45, 2.75) is 11.3 Å². The topological polar surface area (TPSA) is 85.4 Å². The number of ether oxygens (including phenoxy) is 1. The minimum absolute atomic E-state index is 0.201. The molecule has 130 valence electrons. The van der Waals surface area contributed by atoms with E-state index in [9.17, 15) is 13.2 Å². The first-order valence-electron chi connectivity index (χ1n) is 7.49. The van der Waals surface area contributed by atoms with Crippen LogP contribution in [0.3, 0.4) is 0 Å². The predicted octanol–water partition coefficient (Wildman–Crippen LogP) is 2.87. The lowest BCUT2D eigenvalue weighted by Crippen LogP contribution is -2.14. The van der Waals surface area contributed by atoms with Crippen molar-refractivity contribution in [3.8, 4) is 0 Å². The molecule has 0 aliphatic carbocycles. The van der Waals surface area contributed by atoms with Crippen molar-refractivity contribution in [2.75, 3.05) is 18.2 Å². The summed E-state index contributed by atoms with van der Waals surface area (Å²) in [7, 11) is -3.29. The van der Waals surface area contributed by atoms with Crippen LogP contribution < -0.4 is 5.32 Å². The van der Waals surface area contributed by atoms with Crippen LogP contribution in [0.4, 0.5) is 5.13 Å². The standard InChI is InChI=1S/C17H16N2O4S2/c1-25(21,22)14-6-4-12(5-7-14)15(11-13-3-2-9-23-13)16(20)19-17-18-8-10-24-17/h3-8,10-11H,2,9H2,1H3,(H,18,19,20)/b15-11+. The van der Waals surface area contributed by atoms with Gasteiger partial charge in [0, 0.05) is 24.3 Å². The number of anilines is 1. The number of benzene rings is 1. The van der Waals surface area contributed by atoms with Gasteiger partial charge in [0.25, 0.3) is 5.91 Å². The number of hydrogen-bond acceptors (Lipinski definition) is 6. The van der Waals surface area contributed by atoms with Crippen LogP contribution in [0.5, 0.6) is 0 Å². The quantitative estimate of drug-likeness (QED) is 0.811. The highest BCUT2D eigenvalue weighted by Crippen LogP contribution is 2.24. The Morgan fingerprint density at radius 1 is 1.32 bits per heavy atom. The van der Waals surface area contributed by atoms with Crippen molar-refractivity contribution < 1.29 is 17.9 Å². The number of nitrogens with one attached hydrogen (secondary N) is 1. The summed E-state index contributed by atoms with van der Waals surface area (Å²) < 4.78 is 28.7. The van der Waals surface area contributed by atoms with Crippen LogP contribution in [0.15, 0.2) is 58.6 Å². The molecule has 0 fully saturated rings. The smallest absolute Gasteiger partial charge is 0.258 e. The average molecular weight is 376 g/mol. The van der Waals surface area contributed by atoms with Crippen LogP contribution in [0.25, 0.3) is 5.57 Å². The number of sulfone groups is 1. The summed E-state index contributed by atoms with van der Waals surface area (Å²) in [5.74, 6) is 0.287. The van der Waals surface area contributed by atoms with Crippen LogP contribution in [0.1, 0.15) is 12.0 Å². The second-order valence-electron chi connectivity index (χ2n) is 5.39. The summed E-state index contributed by atoms with van der Waals surface area (Å²) in [5.41, 5.74) is 0.973. The van der Waals surface area contributed by atoms with Crippen molar-refractivity contribution >= 4 is 37.8 Å². The molecule has 0 bridgehead atoms. The number of nitrogens with zero attached hydrogens (tertiary/aromatic N) is 1. The summed E-state index contributed by atoms with van der Waals surface area (Å²) in [4.78, 5) is 16.9. The molecular weight excluding hydrogens is 360 g/mol. The van der Waals surface area contributed by atoms with Gasteiger partial charge >= 0.3 is 0 Å². The average Bonchev–Trinajstić information content (AvgIpc) is 3.25. The van der Waals surface area contributed by atoms with E-state index in [-0.39, 0.29) is 10.8 Å². The lowest BCUT2D eigenvalue weighted by Gasteiger charge is -2.09. The van der Waals surface area contributed by atoms with E-state index in [1.807, 2.05) is 6.08 Å². The van der Waals surface area contributed by atoms with Crippen LogP contribution in [-0.2, 0) is 19.4 Å². The van der Waals surface area contributed by atoms with Gasteiger partial charge in [0.15, 0.2) is 15.0 Å². The second-order valence-corrected chi connectivity index (χ2v) is 8.30. The van der Waals surface area contributed by atoms with E-state index in [0.717, 1.165) is 12.7 Å². The Labute approximate surface area is 149 Å². The molecule has 6 nitrogen and oxygen atoms in total. The first-order chi connectivity index (χ1) is 11.9. The van der Waals surface area contributed by atoms with E-state index in [4.69, 9.17) is 4.74 Å². The van der Waals surface area contributed by atoms with E-state index >= 15 is 0 Å². The highest BCUT2D eigenvalue weighted by molar-refractivity contribution is 7.90. The Morgan fingerprint density at radius 2 is 2.08 bits per heavy atom. The minimum Gasteiger partial charge on any atom is -0.494 e. The molecule has 1 amide bonds. The molecule has 1 aliphatic rings. The number of carbonyl (C=O) groups excluding carboxylic acids is 1. The number of amides is 1. The molecule has 2 heterocycles. The van der Waals surface area contributed by atoms with Crippen molar-refractivity contribution in [2.24, 2.45) is 0 Å². The molecule has 0 atom stereocenters. The lowest BCUT2D eigenvalue weighted by molar-refractivity contribution is -0.111. The van der Waals surface area contributed by atoms with Gasteiger partial charge in [0.1, 0.15) is 5.76 Å². The molecule has 1 aromatic carbocycles. The van der Waals surface area contributed by atoms with E-state index < -0.39 is 9.84 Å². The molecule has 2 aromatic rings. The van der Waals surface area contributed by atoms with Gasteiger partial charge < -0.3 is 4.74 Å². The van der Waals surface area contributed by atoms with Gasteiger partial charge in [-0.25, -0.2) is 13.4 Å². The van der Waals surface area contributed by atoms with Gasteiger partial charge in [-0.3, -0.25) is 10.1 Å². The molecule has 1 aliphatic heterocycles. The zero-order valence-electron chi connectivity index (χ0n) is 13.4. The van der Waals surface area contributed by atoms with Crippen LogP contribution in [-0.4, -0.2) is 32.2 Å². The third kappa shape index (κ3) is 4.34. The Hall–Kier alpha value is -2.45. The van der Waals surface area contributed by atoms with Crippen LogP contribution in [0, 0.1) is 0 Å². The van der Waals surface area contributed by atoms with Crippen molar-refractivity contribution in [1.29, 1.82) is 0 Å². The summed E-state index contributed by atoms with van der Waals surface area (Å²) in [6.45, 7) is 0.584. The molecule has 8 heteroatoms. The molecule has 1 N–H and O–H groups in total. The number of rotatable bonds is 5. The van der Waals surface area contributed by atoms with Crippen molar-refractivity contribution in [1.82, 2.24) is 4.98 Å². The molecule has 3 rings (SSSR count). The summed E-state index contributed by atoms with van der Waals surface area (Å²) in [5, 5.41) is 5.00. The maximum atomic E-state index is 12.7. The Morgan fingerprint density at radius 3 is 2.64 bits per heavy atom. The van der Waals surface area contributed by atoms with Gasteiger partial charge in [-0.1, -0.05) is 12.1 Å². The first-order valence-corrected chi connectivity index (χ1v) is 10.3. The summed E-state index contributed by atoms with van der Waals surface area (Å²) >= 11 is 1.32. The Bertz CT molecular complexity index is 928. The normalized spacial score (nSPS) is 14.8. The van der Waals surface area contributed by atoms with E-state index in [2.05, 4.69) is 10.3 Å². The third-order valence-corrected chi connectivity index (χ3v) is 5.33. The minimum atomic E-state index is -3.29. The van der Waals surface area contributed by atoms with Crippen LogP contribution in [0.2, 0.25) is 0 Å². The van der Waals surface area contributed by atoms with Crippen molar-refractivity contribution in [3.63, 3.8) is 0 Å². The maximum Gasteiger partial charge on any atom is 0.258 e. The molecule has 0 spiro atoms. The molecule has 0 unspecified atom stereocenters. The second kappa shape index (κ2) is 7.20. The molecule has 0 saturated heterocycles. The summed E-state index contributed by atoms with van der Waals surface area (Å²) in [6.07, 6.45) is 7.10. The fourth-order valence-electron chi connectivity index (χ4n) is 2.29. The molecular formula is C17H16N2O4S2. The van der Waals surface area contributed by atoms with Gasteiger partial charge in [-0.2, -0.15) is 0 Å². The fraction of sp³-hybridized carbons (Fsp3) is 0.176. The lowest BCUT2D eigenvalue weighted by atomic mass is 10.0. The van der Waals surface area contributed by atoms with E-state index in [1.54, 1.807) is 29.8 Å². The SMILES string of the molecule is CS(=O)(=O)c1ccc(/C(=C\C2=CCCO2)C(=O)Nc2nccs2)cc1.